The normalized spacial score (nSPS) is 16.8. The van der Waals surface area contributed by atoms with Gasteiger partial charge in [0.15, 0.2) is 0 Å². The second kappa shape index (κ2) is 10.4. The average molecular weight is 458 g/mol. The fraction of sp³-hybridized carbons (Fsp3) is 0.500. The Labute approximate surface area is 193 Å². The van der Waals surface area contributed by atoms with Crippen LogP contribution >= 0.6 is 11.3 Å². The van der Waals surface area contributed by atoms with Gasteiger partial charge in [-0.05, 0) is 43.4 Å². The van der Waals surface area contributed by atoms with E-state index in [2.05, 4.69) is 21.2 Å². The first kappa shape index (κ1) is 22.6. The van der Waals surface area contributed by atoms with Gasteiger partial charge in [-0.3, -0.25) is 9.69 Å². The van der Waals surface area contributed by atoms with Crippen molar-refractivity contribution >= 4 is 33.9 Å². The molecular formula is C24H31N3O4S. The van der Waals surface area contributed by atoms with Crippen LogP contribution in [0.25, 0.3) is 0 Å². The molecule has 1 fully saturated rings. The van der Waals surface area contributed by atoms with Crippen molar-refractivity contribution in [1.82, 2.24) is 4.90 Å². The second-order valence-corrected chi connectivity index (χ2v) is 9.38. The number of thiophene rings is 1. The molecule has 1 N–H and O–H groups in total. The summed E-state index contributed by atoms with van der Waals surface area (Å²) in [5, 5.41) is 3.66. The van der Waals surface area contributed by atoms with Crippen LogP contribution in [0.3, 0.4) is 0 Å². The number of fused-ring (bicyclic) bond motifs is 1. The van der Waals surface area contributed by atoms with Gasteiger partial charge < -0.3 is 19.7 Å². The van der Waals surface area contributed by atoms with Crippen molar-refractivity contribution in [3.8, 4) is 5.75 Å². The molecule has 1 aliphatic heterocycles. The molecule has 172 valence electrons. The monoisotopic (exact) mass is 457 g/mol. The summed E-state index contributed by atoms with van der Waals surface area (Å²) in [4.78, 5) is 31.0. The van der Waals surface area contributed by atoms with Crippen LogP contribution in [0.2, 0.25) is 0 Å². The van der Waals surface area contributed by atoms with Crippen LogP contribution in [0, 0.1) is 0 Å². The molecule has 0 atom stereocenters. The van der Waals surface area contributed by atoms with E-state index in [1.807, 2.05) is 18.2 Å². The summed E-state index contributed by atoms with van der Waals surface area (Å²) in [7, 11) is 3.07. The lowest BCUT2D eigenvalue weighted by atomic mass is 10.1. The van der Waals surface area contributed by atoms with Gasteiger partial charge in [-0.25, -0.2) is 4.79 Å². The molecule has 0 unspecified atom stereocenters. The number of methoxy groups -OCH3 is 2. The highest BCUT2D eigenvalue weighted by Crippen LogP contribution is 2.38. The molecule has 1 aliphatic carbocycles. The first-order valence-electron chi connectivity index (χ1n) is 11.2. The number of ether oxygens (including phenoxy) is 2. The van der Waals surface area contributed by atoms with Gasteiger partial charge in [0.2, 0.25) is 5.91 Å². The van der Waals surface area contributed by atoms with Crippen LogP contribution in [-0.4, -0.2) is 63.7 Å². The molecule has 4 rings (SSSR count). The summed E-state index contributed by atoms with van der Waals surface area (Å²) in [6.07, 6.45) is 5.20. The van der Waals surface area contributed by atoms with Gasteiger partial charge in [0.1, 0.15) is 10.8 Å². The van der Waals surface area contributed by atoms with E-state index in [9.17, 15) is 9.59 Å². The zero-order chi connectivity index (χ0) is 22.5. The van der Waals surface area contributed by atoms with E-state index < -0.39 is 0 Å². The van der Waals surface area contributed by atoms with Crippen molar-refractivity contribution in [1.29, 1.82) is 0 Å². The van der Waals surface area contributed by atoms with Crippen LogP contribution in [0.1, 0.15) is 40.1 Å². The maximum absolute atomic E-state index is 12.8. The second-order valence-electron chi connectivity index (χ2n) is 8.27. The minimum absolute atomic E-state index is 0.0820. The smallest absolute Gasteiger partial charge is 0.341 e. The van der Waals surface area contributed by atoms with Gasteiger partial charge in [0.05, 0.1) is 26.3 Å². The Morgan fingerprint density at radius 1 is 1.06 bits per heavy atom. The number of aryl methyl sites for hydroxylation is 1. The Balaban J connectivity index is 1.37. The van der Waals surface area contributed by atoms with Crippen LogP contribution in [0.4, 0.5) is 10.7 Å². The van der Waals surface area contributed by atoms with E-state index in [0.29, 0.717) is 17.1 Å². The third-order valence-corrected chi connectivity index (χ3v) is 7.43. The minimum atomic E-state index is -0.355. The molecular weight excluding hydrogens is 426 g/mol. The fourth-order valence-corrected chi connectivity index (χ4v) is 5.78. The number of piperazine rings is 1. The van der Waals surface area contributed by atoms with E-state index in [1.54, 1.807) is 7.11 Å². The fourth-order valence-electron chi connectivity index (χ4n) is 4.49. The maximum Gasteiger partial charge on any atom is 0.341 e. The number of benzene rings is 1. The number of anilines is 2. The topological polar surface area (TPSA) is 71.1 Å². The Hall–Kier alpha value is -2.58. The third kappa shape index (κ3) is 5.07. The van der Waals surface area contributed by atoms with Crippen LogP contribution in [0.5, 0.6) is 5.75 Å². The van der Waals surface area contributed by atoms with E-state index in [1.165, 1.54) is 29.7 Å². The summed E-state index contributed by atoms with van der Waals surface area (Å²) in [5.74, 6) is 0.410. The standard InChI is InChI=1S/C24H31N3O4S/c1-30-18-8-6-7-17(15-18)27-13-11-26(12-14-27)16-21(28)25-23-22(24(29)31-2)19-9-4-3-5-10-20(19)32-23/h6-8,15H,3-5,9-14,16H2,1-2H3,(H,25,28). The molecule has 2 aromatic rings. The lowest BCUT2D eigenvalue weighted by Crippen LogP contribution is -2.48. The lowest BCUT2D eigenvalue weighted by Gasteiger charge is -2.35. The number of amides is 1. The highest BCUT2D eigenvalue weighted by molar-refractivity contribution is 7.17. The maximum atomic E-state index is 12.8. The molecule has 1 aromatic heterocycles. The van der Waals surface area contributed by atoms with Crippen LogP contribution in [-0.2, 0) is 22.4 Å². The van der Waals surface area contributed by atoms with Crippen molar-refractivity contribution in [2.75, 3.05) is 57.2 Å². The summed E-state index contributed by atoms with van der Waals surface area (Å²) >= 11 is 1.54. The van der Waals surface area contributed by atoms with Gasteiger partial charge in [-0.2, -0.15) is 0 Å². The van der Waals surface area contributed by atoms with Crippen molar-refractivity contribution in [3.63, 3.8) is 0 Å². The molecule has 0 saturated carbocycles. The quantitative estimate of drug-likeness (QED) is 0.528. The minimum Gasteiger partial charge on any atom is -0.497 e. The number of nitrogens with one attached hydrogen (secondary N) is 1. The zero-order valence-electron chi connectivity index (χ0n) is 18.8. The van der Waals surface area contributed by atoms with Crippen molar-refractivity contribution in [3.05, 3.63) is 40.3 Å². The number of carbonyl (C=O) groups is 2. The predicted octanol–water partition coefficient (Wildman–Crippen LogP) is 3.57. The van der Waals surface area contributed by atoms with Crippen molar-refractivity contribution in [2.24, 2.45) is 0 Å². The molecule has 0 radical (unpaired) electrons. The number of esters is 1. The Bertz CT molecular complexity index is 966. The number of nitrogens with zero attached hydrogens (tertiary/aromatic N) is 2. The molecule has 0 spiro atoms. The largest absolute Gasteiger partial charge is 0.497 e. The van der Waals surface area contributed by atoms with Gasteiger partial charge >= 0.3 is 5.97 Å². The molecule has 1 saturated heterocycles. The highest BCUT2D eigenvalue weighted by Gasteiger charge is 2.27. The van der Waals surface area contributed by atoms with E-state index >= 15 is 0 Å². The number of hydrogen-bond acceptors (Lipinski definition) is 7. The Morgan fingerprint density at radius 3 is 2.59 bits per heavy atom. The first-order chi connectivity index (χ1) is 15.6. The van der Waals surface area contributed by atoms with Gasteiger partial charge in [-0.15, -0.1) is 11.3 Å². The van der Waals surface area contributed by atoms with Crippen LogP contribution < -0.4 is 15.0 Å². The average Bonchev–Trinajstić information content (AvgIpc) is 2.98. The molecule has 8 heteroatoms. The molecule has 2 heterocycles. The SMILES string of the molecule is COC(=O)c1c(NC(=O)CN2CCN(c3cccc(OC)c3)CC2)sc2c1CCCCC2. The van der Waals surface area contributed by atoms with Gasteiger partial charge in [-0.1, -0.05) is 12.5 Å². The highest BCUT2D eigenvalue weighted by atomic mass is 32.1. The number of hydrogen-bond donors (Lipinski definition) is 1. The summed E-state index contributed by atoms with van der Waals surface area (Å²) in [6, 6.07) is 8.06. The Morgan fingerprint density at radius 2 is 1.84 bits per heavy atom. The molecule has 1 amide bonds. The molecule has 7 nitrogen and oxygen atoms in total. The van der Waals surface area contributed by atoms with E-state index in [-0.39, 0.29) is 11.9 Å². The zero-order valence-corrected chi connectivity index (χ0v) is 19.6. The van der Waals surface area contributed by atoms with Crippen LogP contribution in [0.15, 0.2) is 24.3 Å². The molecule has 1 aromatic carbocycles. The third-order valence-electron chi connectivity index (χ3n) is 6.22. The summed E-state index contributed by atoms with van der Waals surface area (Å²) in [5.41, 5.74) is 2.77. The Kier molecular flexibility index (Phi) is 7.32. The summed E-state index contributed by atoms with van der Waals surface area (Å²) < 4.78 is 10.4. The number of carbonyl (C=O) groups excluding carboxylic acids is 2. The van der Waals surface area contributed by atoms with E-state index in [4.69, 9.17) is 9.47 Å². The van der Waals surface area contributed by atoms with E-state index in [0.717, 1.165) is 68.9 Å². The van der Waals surface area contributed by atoms with Crippen molar-refractivity contribution in [2.45, 2.75) is 32.1 Å². The molecule has 0 bridgehead atoms. The van der Waals surface area contributed by atoms with Crippen molar-refractivity contribution < 1.29 is 19.1 Å². The summed E-state index contributed by atoms with van der Waals surface area (Å²) in [6.45, 7) is 3.61. The molecule has 2 aliphatic rings. The predicted molar refractivity (Wildman–Crippen MR) is 127 cm³/mol. The number of rotatable bonds is 6. The molecule has 32 heavy (non-hydrogen) atoms. The first-order valence-corrected chi connectivity index (χ1v) is 12.0. The van der Waals surface area contributed by atoms with Gasteiger partial charge in [0, 0.05) is 42.8 Å². The lowest BCUT2D eigenvalue weighted by molar-refractivity contribution is -0.117. The van der Waals surface area contributed by atoms with Gasteiger partial charge in [0.25, 0.3) is 0 Å².